The van der Waals surface area contributed by atoms with Gasteiger partial charge in [0.2, 0.25) is 0 Å². The van der Waals surface area contributed by atoms with Gasteiger partial charge >= 0.3 is 0 Å². The Balaban J connectivity index is 1.87. The summed E-state index contributed by atoms with van der Waals surface area (Å²) in [5.41, 5.74) is 1.42. The first-order chi connectivity index (χ1) is 8.30. The van der Waals surface area contributed by atoms with E-state index in [1.165, 1.54) is 24.8 Å². The van der Waals surface area contributed by atoms with Crippen LogP contribution in [0.1, 0.15) is 24.8 Å². The van der Waals surface area contributed by atoms with Crippen LogP contribution in [0.15, 0.2) is 30.3 Å². The fraction of sp³-hybridized carbons (Fsp3) is 0.538. The zero-order valence-electron chi connectivity index (χ0n) is 9.37. The summed E-state index contributed by atoms with van der Waals surface area (Å²) in [5, 5.41) is 0.592. The lowest BCUT2D eigenvalue weighted by Crippen LogP contribution is -2.36. The van der Waals surface area contributed by atoms with Crippen molar-refractivity contribution in [3.05, 3.63) is 35.9 Å². The van der Waals surface area contributed by atoms with E-state index in [4.69, 9.17) is 0 Å². The monoisotopic (exact) mass is 282 g/mol. The highest BCUT2D eigenvalue weighted by molar-refractivity contribution is 9.03. The summed E-state index contributed by atoms with van der Waals surface area (Å²) >= 11 is 0. The normalized spacial score (nSPS) is 47.3. The molecule has 0 aromatic heterocycles. The third-order valence-electron chi connectivity index (χ3n) is 4.54. The lowest BCUT2D eigenvalue weighted by atomic mass is 9.82. The predicted molar refractivity (Wildman–Crippen MR) is 76.1 cm³/mol. The van der Waals surface area contributed by atoms with Gasteiger partial charge in [-0.1, -0.05) is 30.3 Å². The molecule has 0 radical (unpaired) electrons. The molecule has 2 aliphatic carbocycles. The molecular weight excluding hydrogens is 268 g/mol. The van der Waals surface area contributed by atoms with Gasteiger partial charge in [0.25, 0.3) is 0 Å². The molecule has 90 valence electrons. The van der Waals surface area contributed by atoms with Crippen molar-refractivity contribution in [1.29, 1.82) is 0 Å². The van der Waals surface area contributed by atoms with Crippen LogP contribution in [0, 0.1) is 11.8 Å². The molecule has 4 heteroatoms. The van der Waals surface area contributed by atoms with Crippen molar-refractivity contribution in [3.63, 3.8) is 0 Å². The molecule has 1 aromatic rings. The van der Waals surface area contributed by atoms with E-state index in [0.717, 1.165) is 11.8 Å². The maximum Gasteiger partial charge on any atom is 0.142 e. The van der Waals surface area contributed by atoms with Crippen molar-refractivity contribution in [2.24, 2.45) is 11.8 Å². The fourth-order valence-corrected chi connectivity index (χ4v) is 12.1. The number of rotatable bonds is 1. The number of fused-ring (bicyclic) bond motifs is 5. The summed E-state index contributed by atoms with van der Waals surface area (Å²) in [4.78, 5) is 0. The van der Waals surface area contributed by atoms with Crippen LogP contribution >= 0.6 is 21.6 Å². The Morgan fingerprint density at radius 2 is 2.06 bits per heavy atom. The lowest BCUT2D eigenvalue weighted by Gasteiger charge is -2.36. The average Bonchev–Trinajstić information content (AvgIpc) is 3.00. The minimum absolute atomic E-state index is 0.166. The Hall–Kier alpha value is 0.0700. The molecule has 1 aliphatic heterocycles. The third kappa shape index (κ3) is 1.38. The van der Waals surface area contributed by atoms with Crippen molar-refractivity contribution in [1.82, 2.24) is 0 Å². The van der Waals surface area contributed by atoms with Crippen molar-refractivity contribution in [2.45, 2.75) is 29.3 Å². The van der Waals surface area contributed by atoms with Crippen molar-refractivity contribution < 1.29 is 4.21 Å². The van der Waals surface area contributed by atoms with E-state index in [9.17, 15) is 4.21 Å². The molecule has 1 aromatic carbocycles. The van der Waals surface area contributed by atoms with Crippen LogP contribution in [0.2, 0.25) is 0 Å². The van der Waals surface area contributed by atoms with Gasteiger partial charge in [-0.15, -0.1) is 0 Å². The van der Waals surface area contributed by atoms with Gasteiger partial charge in [-0.3, -0.25) is 0 Å². The fourth-order valence-electron chi connectivity index (χ4n) is 3.89. The van der Waals surface area contributed by atoms with Crippen molar-refractivity contribution >= 4 is 30.5 Å². The van der Waals surface area contributed by atoms with E-state index >= 15 is 0 Å². The van der Waals surface area contributed by atoms with Crippen LogP contribution < -0.4 is 0 Å². The van der Waals surface area contributed by atoms with Gasteiger partial charge < -0.3 is 0 Å². The molecule has 0 amide bonds. The molecule has 17 heavy (non-hydrogen) atoms. The van der Waals surface area contributed by atoms with Gasteiger partial charge in [0.05, 0.1) is 4.75 Å². The van der Waals surface area contributed by atoms with Crippen LogP contribution in [0.5, 0.6) is 0 Å². The standard InChI is InChI=1S/C13H14OS3/c14-17-15-12-9-6-7-11(8-9)13(12,16-17)10-4-2-1-3-5-10/h1-5,9,11-12H,6-8H2/t9-,11+,12+,13-,17+/m0/s1. The minimum atomic E-state index is -0.740. The topological polar surface area (TPSA) is 17.1 Å². The molecule has 1 heterocycles. The van der Waals surface area contributed by atoms with E-state index in [1.54, 1.807) is 21.6 Å². The number of hydrogen-bond acceptors (Lipinski definition) is 3. The quantitative estimate of drug-likeness (QED) is 0.730. The first-order valence-corrected chi connectivity index (χ1v) is 10.0. The molecule has 3 fully saturated rings. The first-order valence-electron chi connectivity index (χ1n) is 6.14. The maximum atomic E-state index is 12.0. The second-order valence-electron chi connectivity index (χ2n) is 5.23. The highest BCUT2D eigenvalue weighted by Crippen LogP contribution is 2.71. The molecule has 0 unspecified atom stereocenters. The van der Waals surface area contributed by atoms with Crippen LogP contribution in [0.25, 0.3) is 0 Å². The molecule has 1 saturated heterocycles. The molecule has 0 N–H and O–H groups in total. The first kappa shape index (κ1) is 10.9. The van der Waals surface area contributed by atoms with E-state index in [0.29, 0.717) is 5.25 Å². The Bertz CT molecular complexity index is 475. The summed E-state index contributed by atoms with van der Waals surface area (Å²) < 4.78 is 12.2. The second-order valence-corrected chi connectivity index (χ2v) is 10.7. The summed E-state index contributed by atoms with van der Waals surface area (Å²) in [6, 6.07) is 10.8. The third-order valence-corrected chi connectivity index (χ3v) is 10.7. The average molecular weight is 282 g/mol. The molecule has 0 spiro atoms. The Labute approximate surface area is 111 Å². The zero-order valence-corrected chi connectivity index (χ0v) is 11.8. The van der Waals surface area contributed by atoms with Gasteiger partial charge in [0, 0.05) is 5.25 Å². The van der Waals surface area contributed by atoms with Gasteiger partial charge in [0.15, 0.2) is 0 Å². The van der Waals surface area contributed by atoms with Crippen LogP contribution in [-0.4, -0.2) is 9.46 Å². The van der Waals surface area contributed by atoms with Gasteiger partial charge in [-0.2, -0.15) is 0 Å². The minimum Gasteiger partial charge on any atom is -0.236 e. The summed E-state index contributed by atoms with van der Waals surface area (Å²) in [7, 11) is 2.72. The van der Waals surface area contributed by atoms with Gasteiger partial charge in [0.1, 0.15) is 8.86 Å². The Kier molecular flexibility index (Phi) is 2.43. The molecule has 3 aliphatic rings. The number of benzene rings is 1. The zero-order chi connectivity index (χ0) is 11.5. The molecule has 5 atom stereocenters. The van der Waals surface area contributed by atoms with E-state index in [1.807, 2.05) is 0 Å². The Morgan fingerprint density at radius 3 is 2.88 bits per heavy atom. The van der Waals surface area contributed by atoms with Crippen molar-refractivity contribution in [3.8, 4) is 0 Å². The Morgan fingerprint density at radius 1 is 1.24 bits per heavy atom. The molecule has 4 rings (SSSR count). The van der Waals surface area contributed by atoms with Crippen LogP contribution in [-0.2, 0) is 13.6 Å². The highest BCUT2D eigenvalue weighted by Gasteiger charge is 2.64. The van der Waals surface area contributed by atoms with E-state index < -0.39 is 8.86 Å². The van der Waals surface area contributed by atoms with Crippen LogP contribution in [0.3, 0.4) is 0 Å². The predicted octanol–water partition coefficient (Wildman–Crippen LogP) is 3.74. The van der Waals surface area contributed by atoms with Crippen molar-refractivity contribution in [2.75, 3.05) is 0 Å². The summed E-state index contributed by atoms with van der Waals surface area (Å²) in [5.74, 6) is 1.56. The maximum absolute atomic E-state index is 12.0. The molecule has 1 nitrogen and oxygen atoms in total. The van der Waals surface area contributed by atoms with E-state index in [-0.39, 0.29) is 4.75 Å². The number of hydrogen-bond donors (Lipinski definition) is 0. The summed E-state index contributed by atoms with van der Waals surface area (Å²) in [6.45, 7) is 0. The molecule has 2 saturated carbocycles. The van der Waals surface area contributed by atoms with Crippen LogP contribution in [0.4, 0.5) is 0 Å². The summed E-state index contributed by atoms with van der Waals surface area (Å²) in [6.07, 6.45) is 4.05. The van der Waals surface area contributed by atoms with Gasteiger partial charge in [-0.05, 0) is 58.2 Å². The SMILES string of the molecule is O=[S@@]1S[C@@H]2[C@H]3CC[C@H](C3)[C@]2(c2ccccc2)S1. The molecular formula is C13H14OS3. The lowest BCUT2D eigenvalue weighted by molar-refractivity contribution is 0.397. The second kappa shape index (κ2) is 3.78. The largest absolute Gasteiger partial charge is 0.236 e. The smallest absolute Gasteiger partial charge is 0.142 e. The van der Waals surface area contributed by atoms with E-state index in [2.05, 4.69) is 30.3 Å². The molecule has 2 bridgehead atoms. The highest BCUT2D eigenvalue weighted by atomic mass is 33.5. The van der Waals surface area contributed by atoms with Gasteiger partial charge in [-0.25, -0.2) is 4.21 Å².